The standard InChI is InChI=1S/C24H29N3.C23H27N3.C6H12.CH2Cl2.2ClH.2Fe/c1-7-15-25-19(5)23-9-8-10-24(27-23)20(6)26-22-14-13-21(18(4)16-22)12-11-17(2)3;1-8-20(9-2)24-18(6)21-11-10-12-22(26-21)19(7)25-23-16(4)13-15(3)14-17(23)5;1-4-5-6(2)3;2-1-3;;;;/h7-10,13-16H,2,11-12H2,1,3-6H3;8-14H,1H2,2-7H3;5H,4H2,1-3H3;1H2;2*1H;;/q;;;;;;;+2/p-2/b15-7+,25-19?,26-20?;20-9+,24-18?,25-19?;;;;;;. The third-order valence-electron chi connectivity index (χ3n) is 9.17. The molecule has 0 radical (unpaired) electrons. The van der Waals surface area contributed by atoms with Crippen LogP contribution in [0.5, 0.6) is 0 Å². The second kappa shape index (κ2) is 37.3. The van der Waals surface area contributed by atoms with Crippen LogP contribution < -0.4 is 0 Å². The number of hydrogen-bond donors (Lipinski definition) is 0. The van der Waals surface area contributed by atoms with Gasteiger partial charge >= 0.3 is 33.3 Å². The Hall–Kier alpha value is -3.68. The van der Waals surface area contributed by atoms with Gasteiger partial charge in [0.25, 0.3) is 0 Å². The summed E-state index contributed by atoms with van der Waals surface area (Å²) in [5.41, 5.74) is 18.6. The minimum absolute atomic E-state index is 0. The van der Waals surface area contributed by atoms with Crippen molar-refractivity contribution in [2.24, 2.45) is 20.0 Å². The Bertz CT molecular complexity index is 2310. The van der Waals surface area contributed by atoms with Gasteiger partial charge in [0.1, 0.15) is 0 Å². The van der Waals surface area contributed by atoms with Gasteiger partial charge in [0, 0.05) is 23.3 Å². The van der Waals surface area contributed by atoms with Gasteiger partial charge in [-0.15, -0.1) is 29.8 Å². The maximum Gasteiger partial charge on any atom is 0 e. The Morgan fingerprint density at radius 3 is 1.61 bits per heavy atom. The van der Waals surface area contributed by atoms with Gasteiger partial charge in [-0.2, -0.15) is 0 Å². The predicted octanol–water partition coefficient (Wildman–Crippen LogP) is 17.6. The number of aromatic nitrogens is 2. The van der Waals surface area contributed by atoms with Gasteiger partial charge in [0.05, 0.1) is 68.0 Å². The minimum atomic E-state index is 0. The van der Waals surface area contributed by atoms with E-state index in [2.05, 4.69) is 115 Å². The molecule has 2 heterocycles. The van der Waals surface area contributed by atoms with Crippen LogP contribution in [0.1, 0.15) is 133 Å². The van der Waals surface area contributed by atoms with Gasteiger partial charge in [-0.05, 0) is 174 Å². The Kier molecular flexibility index (Phi) is 36.4. The average molecular weight is 1060 g/mol. The van der Waals surface area contributed by atoms with Gasteiger partial charge in [-0.1, -0.05) is 78.8 Å². The van der Waals surface area contributed by atoms with E-state index in [1.54, 1.807) is 12.3 Å². The van der Waals surface area contributed by atoms with Crippen LogP contribution in [0.3, 0.4) is 0 Å². The summed E-state index contributed by atoms with van der Waals surface area (Å²) in [6.45, 7) is 36.5. The molecule has 4 rings (SSSR count). The summed E-state index contributed by atoms with van der Waals surface area (Å²) in [5, 5.41) is 0.194. The smallest absolute Gasteiger partial charge is 0 e. The molecule has 0 saturated carbocycles. The molecule has 66 heavy (non-hydrogen) atoms. The summed E-state index contributed by atoms with van der Waals surface area (Å²) in [5.74, 6) is 0. The zero-order chi connectivity index (χ0) is 49.5. The SMILES string of the molecule is C=C(C)CCc1ccc(N=C(C)c2cccc(C(C)=N/C=C/C)n2)cc1C.C=C/C(=C\C)N=C(C)c1cccc(C(C)=Nc2c(C)cc(C)cc2C)n1.CCC=C(C)C.ClCCl.[Cl][Fe][Cl].[Fe]. The van der Waals surface area contributed by atoms with Crippen molar-refractivity contribution in [1.82, 2.24) is 9.97 Å². The fourth-order valence-corrected chi connectivity index (χ4v) is 6.02. The Labute approximate surface area is 433 Å². The number of rotatable bonds is 13. The fraction of sp³-hybridized carbons (Fsp3) is 0.333. The van der Waals surface area contributed by atoms with Crippen LogP contribution in [0.15, 0.2) is 147 Å². The molecule has 6 nitrogen and oxygen atoms in total. The first-order valence-electron chi connectivity index (χ1n) is 21.3. The van der Waals surface area contributed by atoms with Crippen LogP contribution in [0.4, 0.5) is 11.4 Å². The number of halogens is 4. The van der Waals surface area contributed by atoms with Crippen molar-refractivity contribution in [2.45, 2.75) is 116 Å². The van der Waals surface area contributed by atoms with E-state index in [1.165, 1.54) is 45.4 Å². The molecule has 0 bridgehead atoms. The van der Waals surface area contributed by atoms with Crippen molar-refractivity contribution in [1.29, 1.82) is 0 Å². The van der Waals surface area contributed by atoms with Gasteiger partial charge < -0.3 is 0 Å². The van der Waals surface area contributed by atoms with Crippen LogP contribution in [-0.4, -0.2) is 38.2 Å². The van der Waals surface area contributed by atoms with Gasteiger partial charge in [0.2, 0.25) is 0 Å². The summed E-state index contributed by atoms with van der Waals surface area (Å²) in [6, 6.07) is 22.6. The number of allylic oxidation sites excluding steroid dienone is 6. The molecule has 0 atom stereocenters. The molecule has 2 aromatic heterocycles. The molecule has 0 fully saturated rings. The molecule has 0 spiro atoms. The van der Waals surface area contributed by atoms with Crippen LogP contribution in [-0.2, 0) is 36.6 Å². The third-order valence-corrected chi connectivity index (χ3v) is 9.17. The van der Waals surface area contributed by atoms with Crippen LogP contribution in [0, 0.1) is 27.7 Å². The Morgan fingerprint density at radius 1 is 0.712 bits per heavy atom. The summed E-state index contributed by atoms with van der Waals surface area (Å²) < 4.78 is 0. The van der Waals surface area contributed by atoms with E-state index in [0.717, 1.165) is 75.5 Å². The molecule has 0 N–H and O–H groups in total. The fourth-order valence-electron chi connectivity index (χ4n) is 6.02. The maximum atomic E-state index is 4.85. The van der Waals surface area contributed by atoms with Crippen molar-refractivity contribution in [3.05, 3.63) is 178 Å². The van der Waals surface area contributed by atoms with Crippen molar-refractivity contribution < 1.29 is 30.2 Å². The second-order valence-corrected chi connectivity index (χ2v) is 17.8. The summed E-state index contributed by atoms with van der Waals surface area (Å²) in [6.07, 6.45) is 12.8. The average Bonchev–Trinajstić information content (AvgIpc) is 3.26. The van der Waals surface area contributed by atoms with Gasteiger partial charge in [-0.3, -0.25) is 20.0 Å². The summed E-state index contributed by atoms with van der Waals surface area (Å²) in [4.78, 5) is 28.0. The number of hydrogen-bond acceptors (Lipinski definition) is 6. The maximum absolute atomic E-state index is 4.85. The van der Waals surface area contributed by atoms with E-state index < -0.39 is 0 Å². The molecule has 0 aliphatic heterocycles. The Balaban J connectivity index is 0. The molecule has 12 heteroatoms. The molecule has 2 aromatic carbocycles. The van der Waals surface area contributed by atoms with Crippen molar-refractivity contribution >= 4 is 77.6 Å². The first-order chi connectivity index (χ1) is 30.8. The van der Waals surface area contributed by atoms with Crippen molar-refractivity contribution in [3.63, 3.8) is 0 Å². The molecule has 0 aliphatic rings. The van der Waals surface area contributed by atoms with Crippen LogP contribution in [0.2, 0.25) is 0 Å². The molecule has 0 amide bonds. The zero-order valence-electron chi connectivity index (χ0n) is 41.4. The van der Waals surface area contributed by atoms with E-state index in [9.17, 15) is 0 Å². The second-order valence-electron chi connectivity index (χ2n) is 15.2. The summed E-state index contributed by atoms with van der Waals surface area (Å²) >= 11 is 9.72. The zero-order valence-corrected chi connectivity index (χ0v) is 46.6. The van der Waals surface area contributed by atoms with E-state index in [4.69, 9.17) is 63.4 Å². The normalized spacial score (nSPS) is 11.6. The molecule has 4 aromatic rings. The van der Waals surface area contributed by atoms with Crippen molar-refractivity contribution in [3.8, 4) is 0 Å². The van der Waals surface area contributed by atoms with Crippen LogP contribution >= 0.6 is 43.4 Å². The van der Waals surface area contributed by atoms with E-state index in [1.807, 2.05) is 90.1 Å². The van der Waals surface area contributed by atoms with Crippen molar-refractivity contribution in [2.75, 3.05) is 5.34 Å². The molecule has 0 aliphatic carbocycles. The number of aryl methyl sites for hydroxylation is 5. The number of nitrogens with zero attached hydrogens (tertiary/aromatic N) is 6. The first kappa shape index (κ1) is 64.4. The molecular formula is C54H70Cl4Fe2N6. The number of benzene rings is 2. The quantitative estimate of drug-likeness (QED) is 0.0440. The first-order valence-corrected chi connectivity index (χ1v) is 25.4. The van der Waals surface area contributed by atoms with E-state index in [0.29, 0.717) is 0 Å². The molecule has 360 valence electrons. The van der Waals surface area contributed by atoms with E-state index >= 15 is 0 Å². The number of pyridine rings is 2. The Morgan fingerprint density at radius 2 is 1.20 bits per heavy atom. The number of aliphatic imine (C=N–C) groups is 4. The predicted molar refractivity (Wildman–Crippen MR) is 288 cm³/mol. The third kappa shape index (κ3) is 26.6. The minimum Gasteiger partial charge on any atom is 0 e. The molecule has 0 unspecified atom stereocenters. The monoisotopic (exact) mass is 1050 g/mol. The largest absolute Gasteiger partial charge is 0 e. The van der Waals surface area contributed by atoms with Gasteiger partial charge in [0.15, 0.2) is 0 Å². The molecule has 0 saturated heterocycles. The van der Waals surface area contributed by atoms with Gasteiger partial charge in [-0.25, -0.2) is 9.97 Å². The molecular weight excluding hydrogens is 986 g/mol. The summed E-state index contributed by atoms with van der Waals surface area (Å²) in [7, 11) is 9.53. The van der Waals surface area contributed by atoms with Crippen LogP contribution in [0.25, 0.3) is 0 Å². The topological polar surface area (TPSA) is 75.2 Å². The van der Waals surface area contributed by atoms with E-state index in [-0.39, 0.29) is 35.5 Å². The number of alkyl halides is 2.